The maximum absolute atomic E-state index is 13.2. The van der Waals surface area contributed by atoms with Crippen LogP contribution in [0.15, 0.2) is 60.7 Å². The molecule has 200 valence electrons. The molecule has 0 radical (unpaired) electrons. The van der Waals surface area contributed by atoms with Gasteiger partial charge in [0, 0.05) is 24.2 Å². The van der Waals surface area contributed by atoms with E-state index in [0.717, 1.165) is 0 Å². The number of rotatable bonds is 7. The molecule has 0 spiro atoms. The van der Waals surface area contributed by atoms with Crippen molar-refractivity contribution in [2.24, 2.45) is 0 Å². The highest BCUT2D eigenvalue weighted by Crippen LogP contribution is 2.36. The summed E-state index contributed by atoms with van der Waals surface area (Å²) in [5.74, 6) is -0.365. The minimum Gasteiger partial charge on any atom is -0.495 e. The van der Waals surface area contributed by atoms with Crippen LogP contribution in [0.5, 0.6) is 17.2 Å². The summed E-state index contributed by atoms with van der Waals surface area (Å²) in [7, 11) is 1.41. The second kappa shape index (κ2) is 10.8. The molecule has 4 amide bonds. The molecule has 39 heavy (non-hydrogen) atoms. The minimum absolute atomic E-state index is 0.159. The third-order valence-electron chi connectivity index (χ3n) is 6.44. The number of benzene rings is 3. The average molecular weight is 534 g/mol. The van der Waals surface area contributed by atoms with Crippen LogP contribution in [0, 0.1) is 5.82 Å². The monoisotopic (exact) mass is 533 g/mol. The molecule has 10 nitrogen and oxygen atoms in total. The van der Waals surface area contributed by atoms with E-state index in [1.165, 1.54) is 36.3 Å². The van der Waals surface area contributed by atoms with Crippen LogP contribution in [-0.2, 0) is 27.5 Å². The Bertz CT molecular complexity index is 1440. The lowest BCUT2D eigenvalue weighted by molar-refractivity contribution is -0.136. The highest BCUT2D eigenvalue weighted by Gasteiger charge is 2.41. The van der Waals surface area contributed by atoms with Crippen molar-refractivity contribution in [2.45, 2.75) is 32.0 Å². The lowest BCUT2D eigenvalue weighted by Crippen LogP contribution is -2.52. The van der Waals surface area contributed by atoms with Gasteiger partial charge in [0.2, 0.25) is 11.8 Å². The van der Waals surface area contributed by atoms with Crippen molar-refractivity contribution in [3.05, 3.63) is 83.2 Å². The van der Waals surface area contributed by atoms with Crippen molar-refractivity contribution in [2.75, 3.05) is 12.4 Å². The number of hydrogen-bond acceptors (Lipinski definition) is 7. The van der Waals surface area contributed by atoms with Crippen molar-refractivity contribution in [1.29, 1.82) is 0 Å². The molecule has 1 saturated heterocycles. The van der Waals surface area contributed by atoms with Gasteiger partial charge in [-0.1, -0.05) is 12.1 Å². The first kappa shape index (κ1) is 25.7. The Morgan fingerprint density at radius 3 is 2.38 bits per heavy atom. The predicted octanol–water partition coefficient (Wildman–Crippen LogP) is 4.14. The average Bonchev–Trinajstić information content (AvgIpc) is 3.25. The van der Waals surface area contributed by atoms with Crippen molar-refractivity contribution in [3.63, 3.8) is 0 Å². The highest BCUT2D eigenvalue weighted by atomic mass is 19.1. The molecule has 1 atom stereocenters. The Morgan fingerprint density at radius 2 is 1.72 bits per heavy atom. The Labute approximate surface area is 222 Å². The van der Waals surface area contributed by atoms with Gasteiger partial charge in [-0.2, -0.15) is 0 Å². The number of nitrogens with zero attached hydrogens (tertiary/aromatic N) is 1. The predicted molar refractivity (Wildman–Crippen MR) is 136 cm³/mol. The van der Waals surface area contributed by atoms with Gasteiger partial charge >= 0.3 is 6.09 Å². The number of carbonyl (C=O) groups excluding carboxylic acids is 4. The number of hydrogen-bond donors (Lipinski definition) is 2. The fourth-order valence-electron chi connectivity index (χ4n) is 4.55. The van der Waals surface area contributed by atoms with Crippen LogP contribution >= 0.6 is 0 Å². The molecule has 2 N–H and O–H groups in total. The smallest absolute Gasteiger partial charge is 0.411 e. The number of anilines is 1. The number of methoxy groups -OCH3 is 1. The topological polar surface area (TPSA) is 123 Å². The van der Waals surface area contributed by atoms with Crippen LogP contribution in [0.25, 0.3) is 0 Å². The first-order valence-electron chi connectivity index (χ1n) is 12.1. The second-order valence-corrected chi connectivity index (χ2v) is 8.97. The molecule has 0 aromatic heterocycles. The third-order valence-corrected chi connectivity index (χ3v) is 6.44. The first-order valence-corrected chi connectivity index (χ1v) is 12.1. The van der Waals surface area contributed by atoms with E-state index in [1.807, 2.05) is 0 Å². The molecule has 2 aliphatic rings. The SMILES string of the molecule is COc1c(COC(=O)Nc2ccc(Oc3ccc(F)cc3)cc2)ccc2c1C(=O)N(C1CCC(=O)NC1=O)C2. The summed E-state index contributed by atoms with van der Waals surface area (Å²) < 4.78 is 29.5. The minimum atomic E-state index is -0.745. The molecule has 0 saturated carbocycles. The molecular weight excluding hydrogens is 509 g/mol. The standard InChI is InChI=1S/C28H24FN3O7/c1-37-25-17(3-2-16-14-32(27(35)24(16)25)22-12-13-23(33)31-26(22)34)15-38-28(36)30-19-6-10-21(11-7-19)39-20-8-4-18(29)5-9-20/h2-11,22H,12-15H2,1H3,(H,30,36)(H,31,33,34). The third kappa shape index (κ3) is 5.52. The number of fused-ring (bicyclic) bond motifs is 1. The summed E-state index contributed by atoms with van der Waals surface area (Å²) in [6.45, 7) is 0.0407. The molecule has 1 fully saturated rings. The van der Waals surface area contributed by atoms with Gasteiger partial charge in [0.05, 0.1) is 12.7 Å². The van der Waals surface area contributed by atoms with Crippen molar-refractivity contribution >= 4 is 29.5 Å². The van der Waals surface area contributed by atoms with Crippen LogP contribution in [0.4, 0.5) is 14.9 Å². The van der Waals surface area contributed by atoms with Gasteiger partial charge in [0.25, 0.3) is 5.91 Å². The number of piperidine rings is 1. The van der Waals surface area contributed by atoms with Crippen molar-refractivity contribution < 1.29 is 37.8 Å². The van der Waals surface area contributed by atoms with Crippen molar-refractivity contribution in [3.8, 4) is 17.2 Å². The number of carbonyl (C=O) groups is 4. The largest absolute Gasteiger partial charge is 0.495 e. The molecule has 11 heteroatoms. The lowest BCUT2D eigenvalue weighted by atomic mass is 10.0. The fraction of sp³-hybridized carbons (Fsp3) is 0.214. The van der Waals surface area contributed by atoms with E-state index in [9.17, 15) is 23.6 Å². The molecule has 2 heterocycles. The number of amides is 4. The van der Waals surface area contributed by atoms with Gasteiger partial charge in [-0.25, -0.2) is 9.18 Å². The Morgan fingerprint density at radius 1 is 1.03 bits per heavy atom. The molecule has 2 aliphatic heterocycles. The number of ether oxygens (including phenoxy) is 3. The van der Waals surface area contributed by atoms with Gasteiger partial charge in [0.1, 0.15) is 35.7 Å². The zero-order chi connectivity index (χ0) is 27.5. The Hall–Kier alpha value is -4.93. The number of nitrogens with one attached hydrogen (secondary N) is 2. The van der Waals surface area contributed by atoms with Crippen LogP contribution < -0.4 is 20.1 Å². The van der Waals surface area contributed by atoms with E-state index in [1.54, 1.807) is 36.4 Å². The maximum atomic E-state index is 13.2. The van der Waals surface area contributed by atoms with E-state index >= 15 is 0 Å². The van der Waals surface area contributed by atoms with E-state index < -0.39 is 18.0 Å². The molecule has 5 rings (SSSR count). The summed E-state index contributed by atoms with van der Waals surface area (Å²) in [4.78, 5) is 50.9. The molecule has 3 aromatic rings. The number of imide groups is 1. The highest BCUT2D eigenvalue weighted by molar-refractivity contribution is 6.06. The van der Waals surface area contributed by atoms with Gasteiger partial charge in [-0.05, 0) is 60.5 Å². The van der Waals surface area contributed by atoms with Crippen LogP contribution in [0.3, 0.4) is 0 Å². The summed E-state index contributed by atoms with van der Waals surface area (Å²) in [6, 6.07) is 14.8. The second-order valence-electron chi connectivity index (χ2n) is 8.97. The van der Waals surface area contributed by atoms with Crippen LogP contribution in [-0.4, -0.2) is 41.9 Å². The first-order chi connectivity index (χ1) is 18.8. The van der Waals surface area contributed by atoms with Crippen molar-refractivity contribution in [1.82, 2.24) is 10.2 Å². The molecule has 3 aromatic carbocycles. The zero-order valence-electron chi connectivity index (χ0n) is 20.9. The molecule has 0 bridgehead atoms. The molecule has 0 aliphatic carbocycles. The van der Waals surface area contributed by atoms with Gasteiger partial charge in [-0.15, -0.1) is 0 Å². The quantitative estimate of drug-likeness (QED) is 0.438. The normalized spacial score (nSPS) is 16.4. The van der Waals surface area contributed by atoms with E-state index in [2.05, 4.69) is 10.6 Å². The zero-order valence-corrected chi connectivity index (χ0v) is 20.9. The van der Waals surface area contributed by atoms with E-state index in [0.29, 0.717) is 33.9 Å². The van der Waals surface area contributed by atoms with Gasteiger partial charge in [0.15, 0.2) is 0 Å². The summed E-state index contributed by atoms with van der Waals surface area (Å²) >= 11 is 0. The summed E-state index contributed by atoms with van der Waals surface area (Å²) in [5.41, 5.74) is 1.92. The van der Waals surface area contributed by atoms with Gasteiger partial charge < -0.3 is 19.1 Å². The summed E-state index contributed by atoms with van der Waals surface area (Å²) in [5, 5.41) is 4.89. The summed E-state index contributed by atoms with van der Waals surface area (Å²) in [6.07, 6.45) is -0.310. The van der Waals surface area contributed by atoms with Gasteiger partial charge in [-0.3, -0.25) is 25.0 Å². The Balaban J connectivity index is 1.20. The fourth-order valence-corrected chi connectivity index (χ4v) is 4.55. The molecular formula is C28H24FN3O7. The molecule has 1 unspecified atom stereocenters. The van der Waals surface area contributed by atoms with E-state index in [4.69, 9.17) is 14.2 Å². The Kier molecular flexibility index (Phi) is 7.13. The lowest BCUT2D eigenvalue weighted by Gasteiger charge is -2.29. The maximum Gasteiger partial charge on any atom is 0.411 e. The number of halogens is 1. The van der Waals surface area contributed by atoms with Crippen LogP contribution in [0.1, 0.15) is 34.3 Å². The van der Waals surface area contributed by atoms with Crippen LogP contribution in [0.2, 0.25) is 0 Å². The van der Waals surface area contributed by atoms with E-state index in [-0.39, 0.29) is 49.4 Å².